The first-order valence-electron chi connectivity index (χ1n) is 6.07. The van der Waals surface area contributed by atoms with Gasteiger partial charge in [-0.15, -0.1) is 0 Å². The molecule has 0 aliphatic carbocycles. The maximum Gasteiger partial charge on any atom is 0.429 e. The van der Waals surface area contributed by atoms with Gasteiger partial charge in [0.15, 0.2) is 5.58 Å². The monoisotopic (exact) mass is 269 g/mol. The highest BCUT2D eigenvalue weighted by Crippen LogP contribution is 2.12. The molecule has 3 rings (SSSR count). The summed E-state index contributed by atoms with van der Waals surface area (Å²) < 4.78 is 11.0. The summed E-state index contributed by atoms with van der Waals surface area (Å²) in [6.45, 7) is 0.103. The second-order valence-corrected chi connectivity index (χ2v) is 4.21. The largest absolute Gasteiger partial charge is 0.444 e. The lowest BCUT2D eigenvalue weighted by Crippen LogP contribution is -2.23. The predicted octanol–water partition coefficient (Wildman–Crippen LogP) is 2.78. The first-order chi connectivity index (χ1) is 9.75. The second-order valence-electron chi connectivity index (χ2n) is 4.21. The Kier molecular flexibility index (Phi) is 3.09. The number of hydrogen-bond donors (Lipinski definition) is 0. The molecule has 0 N–H and O–H groups in total. The summed E-state index contributed by atoms with van der Waals surface area (Å²) >= 11 is 0. The van der Waals surface area contributed by atoms with Crippen molar-refractivity contribution in [1.29, 1.82) is 0 Å². The van der Waals surface area contributed by atoms with Crippen molar-refractivity contribution in [1.82, 2.24) is 4.57 Å². The van der Waals surface area contributed by atoms with Gasteiger partial charge < -0.3 is 9.15 Å². The zero-order chi connectivity index (χ0) is 13.9. The molecule has 5 heteroatoms. The van der Waals surface area contributed by atoms with Crippen molar-refractivity contribution >= 4 is 17.2 Å². The molecular formula is C15H11NO4. The highest BCUT2D eigenvalue weighted by Gasteiger charge is 2.16. The van der Waals surface area contributed by atoms with Crippen LogP contribution in [0.25, 0.3) is 11.1 Å². The first kappa shape index (κ1) is 12.2. The van der Waals surface area contributed by atoms with Crippen LogP contribution in [0.2, 0.25) is 0 Å². The average Bonchev–Trinajstić information content (AvgIpc) is 2.82. The summed E-state index contributed by atoms with van der Waals surface area (Å²) in [5.41, 5.74) is 1.60. The van der Waals surface area contributed by atoms with E-state index in [0.29, 0.717) is 11.1 Å². The van der Waals surface area contributed by atoms with Gasteiger partial charge in [0.2, 0.25) is 0 Å². The molecule has 1 aromatic heterocycles. The van der Waals surface area contributed by atoms with Crippen LogP contribution >= 0.6 is 0 Å². The summed E-state index contributed by atoms with van der Waals surface area (Å²) in [5.74, 6) is -0.746. The lowest BCUT2D eigenvalue weighted by atomic mass is 10.2. The minimum Gasteiger partial charge on any atom is -0.444 e. The maximum absolute atomic E-state index is 12.0. The van der Waals surface area contributed by atoms with E-state index in [1.165, 1.54) is 0 Å². The van der Waals surface area contributed by atoms with Gasteiger partial charge in [0.1, 0.15) is 12.1 Å². The van der Waals surface area contributed by atoms with Gasteiger partial charge in [-0.2, -0.15) is 4.57 Å². The van der Waals surface area contributed by atoms with E-state index in [1.54, 1.807) is 24.3 Å². The number of ether oxygens (including phenoxy) is 1. The molecule has 3 aromatic rings. The van der Waals surface area contributed by atoms with Crippen LogP contribution in [0.15, 0.2) is 63.8 Å². The number of carbonyl (C=O) groups is 1. The van der Waals surface area contributed by atoms with E-state index in [-0.39, 0.29) is 6.61 Å². The summed E-state index contributed by atoms with van der Waals surface area (Å²) in [4.78, 5) is 23.7. The van der Waals surface area contributed by atoms with Gasteiger partial charge in [0.05, 0.1) is 0 Å². The fourth-order valence-electron chi connectivity index (χ4n) is 1.92. The fourth-order valence-corrected chi connectivity index (χ4v) is 1.92. The Labute approximate surface area is 114 Å². The lowest BCUT2D eigenvalue weighted by molar-refractivity contribution is 0.140. The zero-order valence-electron chi connectivity index (χ0n) is 10.5. The summed E-state index contributed by atoms with van der Waals surface area (Å²) in [5, 5.41) is 0. The molecule has 0 spiro atoms. The van der Waals surface area contributed by atoms with Gasteiger partial charge in [-0.25, -0.2) is 9.59 Å². The van der Waals surface area contributed by atoms with E-state index in [0.717, 1.165) is 10.1 Å². The molecule has 0 unspecified atom stereocenters. The molecule has 1 heterocycles. The van der Waals surface area contributed by atoms with E-state index < -0.39 is 11.8 Å². The van der Waals surface area contributed by atoms with Crippen molar-refractivity contribution in [3.05, 3.63) is 70.7 Å². The predicted molar refractivity (Wildman–Crippen MR) is 72.5 cm³/mol. The molecule has 100 valence electrons. The minimum absolute atomic E-state index is 0.103. The molecule has 20 heavy (non-hydrogen) atoms. The van der Waals surface area contributed by atoms with Gasteiger partial charge in [-0.1, -0.05) is 42.5 Å². The van der Waals surface area contributed by atoms with E-state index in [4.69, 9.17) is 9.15 Å². The Morgan fingerprint density at radius 2 is 1.75 bits per heavy atom. The molecule has 0 aliphatic rings. The van der Waals surface area contributed by atoms with Gasteiger partial charge >= 0.3 is 11.8 Å². The van der Waals surface area contributed by atoms with E-state index in [9.17, 15) is 9.59 Å². The molecule has 0 atom stereocenters. The number of carbonyl (C=O) groups excluding carboxylic acids is 1. The van der Waals surface area contributed by atoms with E-state index >= 15 is 0 Å². The van der Waals surface area contributed by atoms with Crippen molar-refractivity contribution in [2.75, 3.05) is 0 Å². The third-order valence-electron chi connectivity index (χ3n) is 2.87. The number of benzene rings is 2. The highest BCUT2D eigenvalue weighted by atomic mass is 16.6. The van der Waals surface area contributed by atoms with Gasteiger partial charge in [0.25, 0.3) is 0 Å². The third-order valence-corrected chi connectivity index (χ3v) is 2.87. The number of para-hydroxylation sites is 2. The molecule has 0 radical (unpaired) electrons. The summed E-state index contributed by atoms with van der Waals surface area (Å²) in [6.07, 6.45) is -0.746. The van der Waals surface area contributed by atoms with Crippen LogP contribution in [-0.2, 0) is 11.3 Å². The molecule has 2 aromatic carbocycles. The van der Waals surface area contributed by atoms with Crippen LogP contribution in [0.5, 0.6) is 0 Å². The molecule has 0 aliphatic heterocycles. The van der Waals surface area contributed by atoms with Crippen molar-refractivity contribution in [3.8, 4) is 0 Å². The van der Waals surface area contributed by atoms with E-state index in [2.05, 4.69) is 0 Å². The molecule has 0 saturated heterocycles. The van der Waals surface area contributed by atoms with Crippen LogP contribution in [-0.4, -0.2) is 10.7 Å². The Bertz CT molecular complexity index is 801. The topological polar surface area (TPSA) is 61.4 Å². The number of aromatic nitrogens is 1. The number of fused-ring (bicyclic) bond motifs is 1. The quantitative estimate of drug-likeness (QED) is 0.717. The Balaban J connectivity index is 1.86. The van der Waals surface area contributed by atoms with Gasteiger partial charge in [-0.3, -0.25) is 0 Å². The maximum atomic E-state index is 12.0. The minimum atomic E-state index is -0.746. The summed E-state index contributed by atoms with van der Waals surface area (Å²) in [6, 6.07) is 15.9. The average molecular weight is 269 g/mol. The van der Waals surface area contributed by atoms with Crippen LogP contribution in [0.1, 0.15) is 5.56 Å². The van der Waals surface area contributed by atoms with E-state index in [1.807, 2.05) is 30.3 Å². The van der Waals surface area contributed by atoms with Crippen molar-refractivity contribution in [3.63, 3.8) is 0 Å². The molecule has 0 bridgehead atoms. The van der Waals surface area contributed by atoms with Gasteiger partial charge in [0, 0.05) is 0 Å². The van der Waals surface area contributed by atoms with Gasteiger partial charge in [-0.05, 0) is 17.7 Å². The van der Waals surface area contributed by atoms with Crippen LogP contribution in [0.3, 0.4) is 0 Å². The lowest BCUT2D eigenvalue weighted by Gasteiger charge is -2.04. The molecule has 0 amide bonds. The molecular weight excluding hydrogens is 258 g/mol. The van der Waals surface area contributed by atoms with Crippen LogP contribution in [0.4, 0.5) is 4.79 Å². The normalized spacial score (nSPS) is 10.6. The Morgan fingerprint density at radius 1 is 1.05 bits per heavy atom. The Morgan fingerprint density at radius 3 is 2.55 bits per heavy atom. The number of oxazole rings is 1. The first-order valence-corrected chi connectivity index (χ1v) is 6.07. The fraction of sp³-hybridized carbons (Fsp3) is 0.0667. The number of rotatable bonds is 2. The van der Waals surface area contributed by atoms with Crippen molar-refractivity contribution < 1.29 is 13.9 Å². The highest BCUT2D eigenvalue weighted by molar-refractivity contribution is 5.84. The molecule has 0 fully saturated rings. The van der Waals surface area contributed by atoms with Crippen molar-refractivity contribution in [2.45, 2.75) is 6.61 Å². The third kappa shape index (κ3) is 2.21. The van der Waals surface area contributed by atoms with Crippen LogP contribution < -0.4 is 5.76 Å². The summed E-state index contributed by atoms with van der Waals surface area (Å²) in [7, 11) is 0. The number of nitrogens with zero attached hydrogens (tertiary/aromatic N) is 1. The Hall–Kier alpha value is -2.82. The zero-order valence-corrected chi connectivity index (χ0v) is 10.5. The number of hydrogen-bond acceptors (Lipinski definition) is 4. The van der Waals surface area contributed by atoms with Crippen LogP contribution in [0, 0.1) is 0 Å². The molecule has 5 nitrogen and oxygen atoms in total. The smallest absolute Gasteiger partial charge is 0.429 e. The molecule has 0 saturated carbocycles. The SMILES string of the molecule is O=C(OCc1ccccc1)n1c(=O)oc2ccccc21. The standard InChI is InChI=1S/C15H11NO4/c17-14(19-10-11-6-2-1-3-7-11)16-12-8-4-5-9-13(12)20-15(16)18/h1-9H,10H2. The second kappa shape index (κ2) is 5.05. The van der Waals surface area contributed by atoms with Crippen molar-refractivity contribution in [2.24, 2.45) is 0 Å².